The minimum atomic E-state index is -3.60. The Labute approximate surface area is 199 Å². The lowest BCUT2D eigenvalue weighted by Crippen LogP contribution is -2.19. The van der Waals surface area contributed by atoms with Crippen LogP contribution in [0.5, 0.6) is 5.75 Å². The molecule has 7 nitrogen and oxygen atoms in total. The zero-order valence-corrected chi connectivity index (χ0v) is 20.2. The quantitative estimate of drug-likeness (QED) is 0.563. The molecule has 180 valence electrons. The molecule has 0 saturated heterocycles. The van der Waals surface area contributed by atoms with Crippen molar-refractivity contribution in [3.8, 4) is 5.75 Å². The van der Waals surface area contributed by atoms with Gasteiger partial charge in [0, 0.05) is 31.1 Å². The van der Waals surface area contributed by atoms with Crippen LogP contribution in [-0.2, 0) is 35.5 Å². The van der Waals surface area contributed by atoms with Crippen molar-refractivity contribution >= 4 is 9.84 Å². The third-order valence-corrected chi connectivity index (χ3v) is 8.53. The van der Waals surface area contributed by atoms with Crippen molar-refractivity contribution in [2.45, 2.75) is 68.1 Å². The van der Waals surface area contributed by atoms with Crippen molar-refractivity contribution in [2.75, 3.05) is 0 Å². The number of rotatable bonds is 6. The van der Waals surface area contributed by atoms with E-state index in [1.54, 1.807) is 17.7 Å². The maximum Gasteiger partial charge on any atom is 0.343 e. The van der Waals surface area contributed by atoms with E-state index in [1.807, 2.05) is 18.2 Å². The number of hydrogen-bond acceptors (Lipinski definition) is 6. The number of aryl methyl sites for hydroxylation is 2. The Morgan fingerprint density at radius 2 is 1.94 bits per heavy atom. The van der Waals surface area contributed by atoms with Gasteiger partial charge in [-0.05, 0) is 49.1 Å². The van der Waals surface area contributed by atoms with E-state index in [1.165, 1.54) is 12.5 Å². The van der Waals surface area contributed by atoms with Crippen LogP contribution in [-0.4, -0.2) is 23.1 Å². The molecule has 0 amide bonds. The largest absolute Gasteiger partial charge is 0.507 e. The minimum Gasteiger partial charge on any atom is -0.507 e. The molecule has 2 aliphatic carbocycles. The molecule has 8 heteroatoms. The number of nitrogens with zero attached hydrogens (tertiary/aromatic N) is 2. The highest BCUT2D eigenvalue weighted by molar-refractivity contribution is 7.90. The molecule has 1 aromatic carbocycles. The summed E-state index contributed by atoms with van der Waals surface area (Å²) in [5.41, 5.74) is 2.09. The summed E-state index contributed by atoms with van der Waals surface area (Å²) in [7, 11) is -1.87. The Morgan fingerprint density at radius 3 is 2.65 bits per heavy atom. The second-order valence-electron chi connectivity index (χ2n) is 9.66. The first-order valence-corrected chi connectivity index (χ1v) is 13.7. The molecule has 1 unspecified atom stereocenters. The van der Waals surface area contributed by atoms with Crippen LogP contribution in [0.25, 0.3) is 0 Å². The number of sulfone groups is 1. The Balaban J connectivity index is 1.53. The average Bonchev–Trinajstić information content (AvgIpc) is 3.51. The van der Waals surface area contributed by atoms with E-state index in [0.29, 0.717) is 29.7 Å². The molecule has 2 aromatic heterocycles. The minimum absolute atomic E-state index is 0.0408. The SMILES string of the molecule is Cn1cnc(S(=O)(=O)Cc2cccc(C(c3c(O)c4c(oc3=O)CCCCCC4)C3CC3)c2)c1. The third kappa shape index (κ3) is 4.56. The summed E-state index contributed by atoms with van der Waals surface area (Å²) in [5.74, 6) is 0.430. The number of aromatic nitrogens is 2. The Kier molecular flexibility index (Phi) is 6.10. The van der Waals surface area contributed by atoms with E-state index in [0.717, 1.165) is 49.7 Å². The van der Waals surface area contributed by atoms with Crippen LogP contribution in [0.2, 0.25) is 0 Å². The predicted octanol–water partition coefficient (Wildman–Crippen LogP) is 4.25. The molecule has 1 N–H and O–H groups in total. The predicted molar refractivity (Wildman–Crippen MR) is 128 cm³/mol. The first kappa shape index (κ1) is 22.9. The molecule has 1 saturated carbocycles. The molecule has 34 heavy (non-hydrogen) atoms. The highest BCUT2D eigenvalue weighted by Crippen LogP contribution is 2.48. The maximum atomic E-state index is 13.1. The fourth-order valence-corrected chi connectivity index (χ4v) is 6.42. The normalized spacial score (nSPS) is 17.6. The van der Waals surface area contributed by atoms with Crippen molar-refractivity contribution in [3.05, 3.63) is 75.2 Å². The molecule has 2 aliphatic rings. The molecule has 0 radical (unpaired) electrons. The van der Waals surface area contributed by atoms with Gasteiger partial charge in [0.05, 0.1) is 17.6 Å². The molecule has 1 fully saturated rings. The van der Waals surface area contributed by atoms with Crippen molar-refractivity contribution in [2.24, 2.45) is 13.0 Å². The van der Waals surface area contributed by atoms with Crippen LogP contribution < -0.4 is 5.63 Å². The summed E-state index contributed by atoms with van der Waals surface area (Å²) >= 11 is 0. The van der Waals surface area contributed by atoms with Gasteiger partial charge >= 0.3 is 5.63 Å². The Hall–Kier alpha value is -2.87. The summed E-state index contributed by atoms with van der Waals surface area (Å²) in [4.78, 5) is 17.1. The number of benzene rings is 1. The number of imidazole rings is 1. The van der Waals surface area contributed by atoms with Gasteiger partial charge in [-0.15, -0.1) is 0 Å². The van der Waals surface area contributed by atoms with Crippen LogP contribution in [0.15, 0.2) is 51.0 Å². The van der Waals surface area contributed by atoms with E-state index in [9.17, 15) is 18.3 Å². The summed E-state index contributed by atoms with van der Waals surface area (Å²) in [5, 5.41) is 11.3. The molecule has 0 bridgehead atoms. The van der Waals surface area contributed by atoms with Gasteiger partial charge in [-0.3, -0.25) is 0 Å². The van der Waals surface area contributed by atoms with Crippen molar-refractivity contribution < 1.29 is 17.9 Å². The average molecular weight is 483 g/mol. The lowest BCUT2D eigenvalue weighted by Gasteiger charge is -2.21. The van der Waals surface area contributed by atoms with E-state index in [-0.39, 0.29) is 28.4 Å². The molecule has 5 rings (SSSR count). The number of hydrogen-bond donors (Lipinski definition) is 1. The van der Waals surface area contributed by atoms with Crippen LogP contribution in [0, 0.1) is 5.92 Å². The highest BCUT2D eigenvalue weighted by Gasteiger charge is 2.38. The van der Waals surface area contributed by atoms with Crippen molar-refractivity contribution in [1.82, 2.24) is 9.55 Å². The first-order valence-electron chi connectivity index (χ1n) is 12.0. The van der Waals surface area contributed by atoms with E-state index in [4.69, 9.17) is 4.42 Å². The lowest BCUT2D eigenvalue weighted by atomic mass is 9.85. The van der Waals surface area contributed by atoms with Gasteiger partial charge in [-0.1, -0.05) is 37.1 Å². The van der Waals surface area contributed by atoms with Gasteiger partial charge in [0.25, 0.3) is 0 Å². The lowest BCUT2D eigenvalue weighted by molar-refractivity contribution is 0.382. The third-order valence-electron chi connectivity index (χ3n) is 6.97. The van der Waals surface area contributed by atoms with Gasteiger partial charge in [0.2, 0.25) is 9.84 Å². The Morgan fingerprint density at radius 1 is 1.18 bits per heavy atom. The van der Waals surface area contributed by atoms with Crippen LogP contribution in [0.3, 0.4) is 0 Å². The summed E-state index contributed by atoms with van der Waals surface area (Å²) in [6, 6.07) is 7.35. The summed E-state index contributed by atoms with van der Waals surface area (Å²) < 4.78 is 33.1. The van der Waals surface area contributed by atoms with Crippen molar-refractivity contribution in [1.29, 1.82) is 0 Å². The van der Waals surface area contributed by atoms with Gasteiger partial charge in [-0.2, -0.15) is 0 Å². The van der Waals surface area contributed by atoms with Crippen LogP contribution in [0.4, 0.5) is 0 Å². The molecular formula is C26H30N2O5S. The van der Waals surface area contributed by atoms with Gasteiger partial charge in [0.1, 0.15) is 11.5 Å². The fourth-order valence-electron chi connectivity index (χ4n) is 5.12. The van der Waals surface area contributed by atoms with Gasteiger partial charge in [-0.25, -0.2) is 18.2 Å². The Bertz CT molecular complexity index is 1370. The molecule has 0 spiro atoms. The zero-order chi connectivity index (χ0) is 23.9. The fraction of sp³-hybridized carbons (Fsp3) is 0.462. The van der Waals surface area contributed by atoms with E-state index >= 15 is 0 Å². The monoisotopic (exact) mass is 482 g/mol. The second-order valence-corrected chi connectivity index (χ2v) is 11.6. The van der Waals surface area contributed by atoms with E-state index < -0.39 is 15.5 Å². The highest BCUT2D eigenvalue weighted by atomic mass is 32.2. The smallest absolute Gasteiger partial charge is 0.343 e. The van der Waals surface area contributed by atoms with Gasteiger partial charge < -0.3 is 14.1 Å². The molecule has 0 aliphatic heterocycles. The second kappa shape index (κ2) is 9.06. The van der Waals surface area contributed by atoms with Crippen LogP contribution in [0.1, 0.15) is 72.5 Å². The maximum absolute atomic E-state index is 13.1. The summed E-state index contributed by atoms with van der Waals surface area (Å²) in [6.45, 7) is 0. The standard InChI is InChI=1S/C26H30N2O5S/c1-28-14-22(27-16-28)34(31,32)15-17-7-6-8-19(13-17)23(18-11-12-18)24-25(29)20-9-4-2-3-5-10-21(20)33-26(24)30/h6-8,13-14,16,18,23,29H,2-5,9-12,15H2,1H3. The summed E-state index contributed by atoms with van der Waals surface area (Å²) in [6.07, 6.45) is 10.4. The molecule has 2 heterocycles. The van der Waals surface area contributed by atoms with Gasteiger partial charge in [0.15, 0.2) is 5.03 Å². The first-order chi connectivity index (χ1) is 16.3. The molecule has 3 aromatic rings. The van der Waals surface area contributed by atoms with Crippen LogP contribution >= 0.6 is 0 Å². The number of aromatic hydroxyl groups is 1. The van der Waals surface area contributed by atoms with Crippen molar-refractivity contribution in [3.63, 3.8) is 0 Å². The molecular weight excluding hydrogens is 452 g/mol. The number of fused-ring (bicyclic) bond motifs is 1. The zero-order valence-electron chi connectivity index (χ0n) is 19.4. The van der Waals surface area contributed by atoms with E-state index in [2.05, 4.69) is 4.98 Å². The topological polar surface area (TPSA) is 102 Å². The molecule has 1 atom stereocenters.